The van der Waals surface area contributed by atoms with E-state index in [2.05, 4.69) is 15.3 Å². The Labute approximate surface area is 104 Å². The highest BCUT2D eigenvalue weighted by molar-refractivity contribution is 5.99. The van der Waals surface area contributed by atoms with Crippen LogP contribution in [0.4, 0.5) is 5.69 Å². The number of nitrogens with zero attached hydrogens (tertiary/aromatic N) is 1. The second-order valence-corrected chi connectivity index (χ2v) is 4.31. The molecule has 2 heterocycles. The molecule has 1 amide bonds. The first-order chi connectivity index (χ1) is 8.76. The van der Waals surface area contributed by atoms with Crippen molar-refractivity contribution in [2.45, 2.75) is 12.8 Å². The van der Waals surface area contributed by atoms with Gasteiger partial charge in [-0.15, -0.1) is 0 Å². The molecule has 0 fully saturated rings. The van der Waals surface area contributed by atoms with Gasteiger partial charge in [0.1, 0.15) is 5.82 Å². The van der Waals surface area contributed by atoms with E-state index in [4.69, 9.17) is 5.11 Å². The predicted molar refractivity (Wildman–Crippen MR) is 67.1 cm³/mol. The molecule has 0 saturated heterocycles. The summed E-state index contributed by atoms with van der Waals surface area (Å²) in [6.45, 7) is 0.0789. The average molecular weight is 243 g/mol. The van der Waals surface area contributed by atoms with E-state index in [0.29, 0.717) is 12.8 Å². The lowest BCUT2D eigenvalue weighted by molar-refractivity contribution is -0.115. The fourth-order valence-electron chi connectivity index (χ4n) is 2.14. The number of hydrogen-bond acceptors (Lipinski definition) is 3. The maximum Gasteiger partial charge on any atom is 0.228 e. The highest BCUT2D eigenvalue weighted by Crippen LogP contribution is 2.28. The minimum Gasteiger partial charge on any atom is -0.396 e. The molecule has 18 heavy (non-hydrogen) atoms. The number of hydrogen-bond donors (Lipinski definition) is 3. The van der Waals surface area contributed by atoms with Gasteiger partial charge in [-0.2, -0.15) is 0 Å². The Morgan fingerprint density at radius 2 is 2.28 bits per heavy atom. The van der Waals surface area contributed by atoms with Crippen LogP contribution in [0.3, 0.4) is 0 Å². The van der Waals surface area contributed by atoms with Gasteiger partial charge in [-0.3, -0.25) is 4.79 Å². The van der Waals surface area contributed by atoms with Gasteiger partial charge in [0.25, 0.3) is 0 Å². The van der Waals surface area contributed by atoms with E-state index >= 15 is 0 Å². The van der Waals surface area contributed by atoms with Crippen molar-refractivity contribution >= 4 is 11.6 Å². The summed E-state index contributed by atoms with van der Waals surface area (Å²) >= 11 is 0. The van der Waals surface area contributed by atoms with Gasteiger partial charge in [-0.25, -0.2) is 4.98 Å². The summed E-state index contributed by atoms with van der Waals surface area (Å²) in [6, 6.07) is 5.84. The van der Waals surface area contributed by atoms with E-state index in [1.165, 1.54) is 0 Å². The van der Waals surface area contributed by atoms with Crippen LogP contribution >= 0.6 is 0 Å². The minimum atomic E-state index is 0.0349. The van der Waals surface area contributed by atoms with E-state index in [-0.39, 0.29) is 12.5 Å². The van der Waals surface area contributed by atoms with Crippen molar-refractivity contribution < 1.29 is 9.90 Å². The second-order valence-electron chi connectivity index (χ2n) is 4.31. The zero-order valence-corrected chi connectivity index (χ0v) is 9.73. The quantitative estimate of drug-likeness (QED) is 0.755. The maximum absolute atomic E-state index is 11.3. The van der Waals surface area contributed by atoms with Crippen LogP contribution in [-0.4, -0.2) is 27.6 Å². The molecule has 3 rings (SSSR count). The zero-order valence-electron chi connectivity index (χ0n) is 9.73. The summed E-state index contributed by atoms with van der Waals surface area (Å²) in [5.41, 5.74) is 3.80. The van der Waals surface area contributed by atoms with Crippen LogP contribution < -0.4 is 5.32 Å². The molecule has 0 spiro atoms. The third-order valence-corrected chi connectivity index (χ3v) is 3.02. The Kier molecular flexibility index (Phi) is 2.60. The molecule has 0 atom stereocenters. The first-order valence-corrected chi connectivity index (χ1v) is 5.84. The number of aromatic nitrogens is 2. The Balaban J connectivity index is 1.92. The molecule has 0 radical (unpaired) electrons. The van der Waals surface area contributed by atoms with Crippen molar-refractivity contribution in [1.82, 2.24) is 9.97 Å². The highest BCUT2D eigenvalue weighted by atomic mass is 16.3. The van der Waals surface area contributed by atoms with E-state index < -0.39 is 0 Å². The van der Waals surface area contributed by atoms with Gasteiger partial charge in [0, 0.05) is 12.1 Å². The first kappa shape index (κ1) is 11.0. The number of H-pyrrole nitrogens is 1. The molecule has 1 aromatic heterocycles. The smallest absolute Gasteiger partial charge is 0.228 e. The summed E-state index contributed by atoms with van der Waals surface area (Å²) in [5, 5.41) is 11.7. The molecule has 92 valence electrons. The van der Waals surface area contributed by atoms with Crippen molar-refractivity contribution in [3.63, 3.8) is 0 Å². The summed E-state index contributed by atoms with van der Waals surface area (Å²) in [7, 11) is 0. The Morgan fingerprint density at radius 1 is 1.39 bits per heavy atom. The molecule has 2 aromatic rings. The standard InChI is InChI=1S/C13H13N3O2/c17-4-3-12-14-7-11(15-12)8-1-2-10-9(5-8)6-13(18)16-10/h1-2,5,7,17H,3-4,6H2,(H,14,15)(H,16,18). The van der Waals surface area contributed by atoms with Crippen LogP contribution in [0.2, 0.25) is 0 Å². The number of rotatable bonds is 3. The largest absolute Gasteiger partial charge is 0.396 e. The third kappa shape index (κ3) is 1.89. The minimum absolute atomic E-state index is 0.0349. The Hall–Kier alpha value is -2.14. The monoisotopic (exact) mass is 243 g/mol. The number of fused-ring (bicyclic) bond motifs is 1. The summed E-state index contributed by atoms with van der Waals surface area (Å²) in [5.74, 6) is 0.801. The van der Waals surface area contributed by atoms with Gasteiger partial charge in [0.2, 0.25) is 5.91 Å². The number of anilines is 1. The number of carbonyl (C=O) groups excluding carboxylic acids is 1. The molecule has 0 unspecified atom stereocenters. The molecule has 0 aliphatic carbocycles. The number of benzene rings is 1. The Morgan fingerprint density at radius 3 is 3.11 bits per heavy atom. The van der Waals surface area contributed by atoms with Gasteiger partial charge in [-0.05, 0) is 23.3 Å². The van der Waals surface area contributed by atoms with E-state index in [9.17, 15) is 4.79 Å². The number of aromatic amines is 1. The van der Waals surface area contributed by atoms with Crippen molar-refractivity contribution in [1.29, 1.82) is 0 Å². The van der Waals surface area contributed by atoms with Crippen LogP contribution in [0.5, 0.6) is 0 Å². The third-order valence-electron chi connectivity index (χ3n) is 3.02. The van der Waals surface area contributed by atoms with E-state index in [1.807, 2.05) is 18.2 Å². The molecular formula is C13H13N3O2. The predicted octanol–water partition coefficient (Wildman–Crippen LogP) is 1.11. The fourth-order valence-corrected chi connectivity index (χ4v) is 2.14. The molecule has 1 aliphatic heterocycles. The number of amides is 1. The van der Waals surface area contributed by atoms with Crippen molar-refractivity contribution in [3.05, 3.63) is 35.8 Å². The molecular weight excluding hydrogens is 230 g/mol. The zero-order chi connectivity index (χ0) is 12.5. The SMILES string of the molecule is O=C1Cc2cc(-c3cnc(CCO)[nH]3)ccc2N1. The van der Waals surface area contributed by atoms with Gasteiger partial charge in [0.05, 0.1) is 24.9 Å². The number of carbonyl (C=O) groups is 1. The van der Waals surface area contributed by atoms with Gasteiger partial charge < -0.3 is 15.4 Å². The second kappa shape index (κ2) is 4.27. The van der Waals surface area contributed by atoms with Crippen molar-refractivity contribution in [3.8, 4) is 11.3 Å². The topological polar surface area (TPSA) is 78.0 Å². The molecule has 0 saturated carbocycles. The highest BCUT2D eigenvalue weighted by Gasteiger charge is 2.18. The van der Waals surface area contributed by atoms with Crippen LogP contribution in [-0.2, 0) is 17.6 Å². The lowest BCUT2D eigenvalue weighted by Crippen LogP contribution is -2.03. The van der Waals surface area contributed by atoms with E-state index in [1.54, 1.807) is 6.20 Å². The summed E-state index contributed by atoms with van der Waals surface area (Å²) in [4.78, 5) is 18.6. The van der Waals surface area contributed by atoms with Crippen LogP contribution in [0, 0.1) is 0 Å². The molecule has 5 heteroatoms. The molecule has 5 nitrogen and oxygen atoms in total. The maximum atomic E-state index is 11.3. The van der Waals surface area contributed by atoms with Crippen LogP contribution in [0.1, 0.15) is 11.4 Å². The van der Waals surface area contributed by atoms with Gasteiger partial charge in [0.15, 0.2) is 0 Å². The number of nitrogens with one attached hydrogen (secondary N) is 2. The van der Waals surface area contributed by atoms with Gasteiger partial charge in [-0.1, -0.05) is 6.07 Å². The van der Waals surface area contributed by atoms with E-state index in [0.717, 1.165) is 28.3 Å². The van der Waals surface area contributed by atoms with Crippen LogP contribution in [0.25, 0.3) is 11.3 Å². The lowest BCUT2D eigenvalue weighted by Gasteiger charge is -2.01. The fraction of sp³-hybridized carbons (Fsp3) is 0.231. The molecule has 0 bridgehead atoms. The molecule has 1 aromatic carbocycles. The average Bonchev–Trinajstić information content (AvgIpc) is 2.93. The molecule has 1 aliphatic rings. The summed E-state index contributed by atoms with van der Waals surface area (Å²) in [6.07, 6.45) is 2.70. The van der Waals surface area contributed by atoms with Crippen LogP contribution in [0.15, 0.2) is 24.4 Å². The number of aliphatic hydroxyl groups excluding tert-OH is 1. The van der Waals surface area contributed by atoms with Crippen molar-refractivity contribution in [2.24, 2.45) is 0 Å². The number of imidazole rings is 1. The summed E-state index contributed by atoms with van der Waals surface area (Å²) < 4.78 is 0. The molecule has 3 N–H and O–H groups in total. The van der Waals surface area contributed by atoms with Gasteiger partial charge >= 0.3 is 0 Å². The Bertz CT molecular complexity index is 604. The number of aliphatic hydroxyl groups is 1. The first-order valence-electron chi connectivity index (χ1n) is 5.84. The van der Waals surface area contributed by atoms with Crippen molar-refractivity contribution in [2.75, 3.05) is 11.9 Å². The normalized spacial score (nSPS) is 13.5. The lowest BCUT2D eigenvalue weighted by atomic mass is 10.1.